The van der Waals surface area contributed by atoms with Gasteiger partial charge in [0.1, 0.15) is 12.2 Å². The lowest BCUT2D eigenvalue weighted by molar-refractivity contribution is 0.100. The van der Waals surface area contributed by atoms with Gasteiger partial charge in [-0.15, -0.1) is 0 Å². The lowest BCUT2D eigenvalue weighted by Gasteiger charge is -2.30. The van der Waals surface area contributed by atoms with E-state index in [1.165, 1.54) is 0 Å². The molecule has 0 bridgehead atoms. The number of benzene rings is 1. The molecule has 1 aromatic heterocycles. The van der Waals surface area contributed by atoms with Crippen LogP contribution in [0.5, 0.6) is 0 Å². The maximum atomic E-state index is 14.6. The van der Waals surface area contributed by atoms with E-state index in [1.54, 1.807) is 24.3 Å². The number of aromatic nitrogens is 1. The minimum absolute atomic E-state index is 0.0101. The van der Waals surface area contributed by atoms with Gasteiger partial charge in [-0.1, -0.05) is 18.9 Å². The van der Waals surface area contributed by atoms with E-state index in [0.29, 0.717) is 11.4 Å². The fourth-order valence-corrected chi connectivity index (χ4v) is 3.34. The average molecular weight is 400 g/mol. The number of nitrogens with zero attached hydrogens (tertiary/aromatic N) is 2. The summed E-state index contributed by atoms with van der Waals surface area (Å²) < 4.78 is 14.6. The van der Waals surface area contributed by atoms with Crippen LogP contribution in [0.2, 0.25) is 0 Å². The van der Waals surface area contributed by atoms with Gasteiger partial charge in [-0.25, -0.2) is 15.2 Å². The molecule has 29 heavy (non-hydrogen) atoms. The summed E-state index contributed by atoms with van der Waals surface area (Å²) in [6, 6.07) is 7.68. The van der Waals surface area contributed by atoms with Gasteiger partial charge in [0.2, 0.25) is 0 Å². The SMILES string of the molecule is N=CN(N)c1cccc(Nc2nc(N[C@@H]3CCCC[C@@H]3N)c(F)cc2C(N)=O)c1. The van der Waals surface area contributed by atoms with Crippen LogP contribution in [0.1, 0.15) is 36.0 Å². The van der Waals surface area contributed by atoms with Crippen molar-refractivity contribution in [1.29, 1.82) is 5.41 Å². The van der Waals surface area contributed by atoms with Crippen LogP contribution in [-0.2, 0) is 0 Å². The fourth-order valence-electron chi connectivity index (χ4n) is 3.34. The van der Waals surface area contributed by atoms with Gasteiger partial charge in [0.25, 0.3) is 5.91 Å². The van der Waals surface area contributed by atoms with Crippen molar-refractivity contribution in [2.24, 2.45) is 17.3 Å². The van der Waals surface area contributed by atoms with Crippen LogP contribution in [0.4, 0.5) is 27.4 Å². The number of anilines is 4. The Labute approximate surface area is 167 Å². The second-order valence-corrected chi connectivity index (χ2v) is 6.99. The van der Waals surface area contributed by atoms with E-state index in [-0.39, 0.29) is 29.3 Å². The Balaban J connectivity index is 1.92. The minimum Gasteiger partial charge on any atom is -0.365 e. The van der Waals surface area contributed by atoms with E-state index in [4.69, 9.17) is 22.7 Å². The number of primary amides is 1. The first kappa shape index (κ1) is 20.5. The highest BCUT2D eigenvalue weighted by Gasteiger charge is 2.24. The maximum Gasteiger partial charge on any atom is 0.252 e. The molecule has 2 aromatic rings. The van der Waals surface area contributed by atoms with Crippen molar-refractivity contribution in [3.63, 3.8) is 0 Å². The maximum absolute atomic E-state index is 14.6. The summed E-state index contributed by atoms with van der Waals surface area (Å²) in [6.07, 6.45) is 4.69. The molecule has 1 amide bonds. The molecule has 0 spiro atoms. The van der Waals surface area contributed by atoms with E-state index in [9.17, 15) is 9.18 Å². The molecule has 154 valence electrons. The highest BCUT2D eigenvalue weighted by molar-refractivity contribution is 5.98. The standard InChI is InChI=1S/C19H25FN8O/c20-14-9-13(17(23)29)18(25-11-4-3-5-12(8-11)28(24)10-21)27-19(14)26-16-7-2-1-6-15(16)22/h3-5,8-10,15-16,21H,1-2,6-7,22,24H2,(H2,23,29)(H2,25,26,27)/t15-,16+/m0/s1. The summed E-state index contributed by atoms with van der Waals surface area (Å²) in [4.78, 5) is 16.1. The molecule has 0 saturated heterocycles. The third-order valence-corrected chi connectivity index (χ3v) is 4.93. The highest BCUT2D eigenvalue weighted by Crippen LogP contribution is 2.27. The van der Waals surface area contributed by atoms with Crippen molar-refractivity contribution < 1.29 is 9.18 Å². The first-order chi connectivity index (χ1) is 13.9. The third-order valence-electron chi connectivity index (χ3n) is 4.93. The molecule has 0 unspecified atom stereocenters. The van der Waals surface area contributed by atoms with E-state index in [1.807, 2.05) is 0 Å². The molecule has 9 N–H and O–H groups in total. The number of hydrazine groups is 1. The topological polar surface area (TPSA) is 159 Å². The second kappa shape index (κ2) is 8.84. The first-order valence-corrected chi connectivity index (χ1v) is 9.33. The van der Waals surface area contributed by atoms with Gasteiger partial charge in [0.05, 0.1) is 11.3 Å². The Morgan fingerprint density at radius 1 is 1.28 bits per heavy atom. The van der Waals surface area contributed by atoms with E-state index in [2.05, 4.69) is 15.6 Å². The fraction of sp³-hybridized carbons (Fsp3) is 0.316. The number of amides is 1. The van der Waals surface area contributed by atoms with E-state index in [0.717, 1.165) is 43.1 Å². The predicted octanol–water partition coefficient (Wildman–Crippen LogP) is 2.03. The van der Waals surface area contributed by atoms with Gasteiger partial charge in [0, 0.05) is 17.8 Å². The van der Waals surface area contributed by atoms with Gasteiger partial charge in [-0.05, 0) is 37.1 Å². The third kappa shape index (κ3) is 4.79. The molecule has 9 nitrogen and oxygen atoms in total. The molecule has 1 fully saturated rings. The van der Waals surface area contributed by atoms with E-state index < -0.39 is 11.7 Å². The van der Waals surface area contributed by atoms with Crippen LogP contribution in [0.15, 0.2) is 30.3 Å². The van der Waals surface area contributed by atoms with Crippen molar-refractivity contribution in [2.75, 3.05) is 15.6 Å². The molecule has 2 atom stereocenters. The number of pyridine rings is 1. The Morgan fingerprint density at radius 2 is 2.03 bits per heavy atom. The molecule has 0 radical (unpaired) electrons. The van der Waals surface area contributed by atoms with Crippen LogP contribution in [-0.4, -0.2) is 29.3 Å². The minimum atomic E-state index is -0.809. The van der Waals surface area contributed by atoms with Gasteiger partial charge in [-0.3, -0.25) is 15.2 Å². The molecule has 3 rings (SSSR count). The number of nitrogens with one attached hydrogen (secondary N) is 3. The summed E-state index contributed by atoms with van der Waals surface area (Å²) in [7, 11) is 0. The van der Waals surface area contributed by atoms with Gasteiger partial charge >= 0.3 is 0 Å². The molecule has 0 aliphatic heterocycles. The van der Waals surface area contributed by atoms with Crippen molar-refractivity contribution in [1.82, 2.24) is 4.98 Å². The van der Waals surface area contributed by atoms with Crippen LogP contribution >= 0.6 is 0 Å². The zero-order valence-electron chi connectivity index (χ0n) is 15.9. The largest absolute Gasteiger partial charge is 0.365 e. The molecule has 1 saturated carbocycles. The number of hydrogen-bond donors (Lipinski definition) is 6. The van der Waals surface area contributed by atoms with Crippen molar-refractivity contribution in [3.05, 3.63) is 41.7 Å². The van der Waals surface area contributed by atoms with Crippen LogP contribution in [0.3, 0.4) is 0 Å². The summed E-state index contributed by atoms with van der Waals surface area (Å²) in [5, 5.41) is 14.4. The van der Waals surface area contributed by atoms with Crippen LogP contribution in [0, 0.1) is 11.2 Å². The molecular weight excluding hydrogens is 375 g/mol. The lowest BCUT2D eigenvalue weighted by atomic mass is 9.91. The van der Waals surface area contributed by atoms with Gasteiger partial charge < -0.3 is 22.1 Å². The van der Waals surface area contributed by atoms with Gasteiger partial charge in [0.15, 0.2) is 11.6 Å². The summed E-state index contributed by atoms with van der Waals surface area (Å²) in [6.45, 7) is 0. The van der Waals surface area contributed by atoms with Crippen molar-refractivity contribution in [3.8, 4) is 0 Å². The normalized spacial score (nSPS) is 18.7. The quantitative estimate of drug-likeness (QED) is 0.179. The van der Waals surface area contributed by atoms with Crippen LogP contribution in [0.25, 0.3) is 0 Å². The highest BCUT2D eigenvalue weighted by atomic mass is 19.1. The second-order valence-electron chi connectivity index (χ2n) is 6.99. The molecule has 1 aliphatic carbocycles. The number of halogens is 1. The lowest BCUT2D eigenvalue weighted by Crippen LogP contribution is -2.43. The zero-order valence-corrected chi connectivity index (χ0v) is 15.9. The van der Waals surface area contributed by atoms with Crippen molar-refractivity contribution in [2.45, 2.75) is 37.8 Å². The zero-order chi connectivity index (χ0) is 21.0. The van der Waals surface area contributed by atoms with Gasteiger partial charge in [-0.2, -0.15) is 0 Å². The summed E-state index contributed by atoms with van der Waals surface area (Å²) >= 11 is 0. The Hall–Kier alpha value is -3.24. The number of carbonyl (C=O) groups excluding carboxylic acids is 1. The smallest absolute Gasteiger partial charge is 0.252 e. The molecule has 1 heterocycles. The van der Waals surface area contributed by atoms with E-state index >= 15 is 0 Å². The monoisotopic (exact) mass is 400 g/mol. The Bertz CT molecular complexity index is 906. The summed E-state index contributed by atoms with van der Waals surface area (Å²) in [5.41, 5.74) is 12.6. The average Bonchev–Trinajstić information content (AvgIpc) is 2.71. The number of hydrogen-bond acceptors (Lipinski definition) is 7. The predicted molar refractivity (Wildman–Crippen MR) is 112 cm³/mol. The number of nitrogens with two attached hydrogens (primary N) is 3. The number of carbonyl (C=O) groups is 1. The Kier molecular flexibility index (Phi) is 6.25. The molecular formula is C19H25FN8O. The number of rotatable bonds is 7. The van der Waals surface area contributed by atoms with Crippen molar-refractivity contribution >= 4 is 35.3 Å². The Morgan fingerprint density at radius 3 is 2.72 bits per heavy atom. The first-order valence-electron chi connectivity index (χ1n) is 9.33. The molecule has 1 aliphatic rings. The summed E-state index contributed by atoms with van der Waals surface area (Å²) in [5.74, 6) is 4.34. The van der Waals surface area contributed by atoms with Crippen LogP contribution < -0.4 is 33.0 Å². The molecule has 10 heteroatoms. The molecule has 1 aromatic carbocycles.